The average molecular weight is 427 g/mol. The molecule has 7 nitrogen and oxygen atoms in total. The first kappa shape index (κ1) is 21.1. The summed E-state index contributed by atoms with van der Waals surface area (Å²) in [4.78, 5) is 2.04. The molecular weight excluding hydrogens is 401 g/mol. The van der Waals surface area contributed by atoms with E-state index in [9.17, 15) is 9.50 Å². The molecule has 1 aromatic heterocycles. The van der Waals surface area contributed by atoms with Gasteiger partial charge in [0.2, 0.25) is 5.75 Å². The molecule has 0 spiro atoms. The topological polar surface area (TPSA) is 76.9 Å². The number of rotatable bonds is 5. The Morgan fingerprint density at radius 3 is 2.35 bits per heavy atom. The summed E-state index contributed by atoms with van der Waals surface area (Å²) >= 11 is 0. The monoisotopic (exact) mass is 427 g/mol. The van der Waals surface area contributed by atoms with Crippen molar-refractivity contribution in [3.63, 3.8) is 0 Å². The van der Waals surface area contributed by atoms with Crippen molar-refractivity contribution in [2.45, 2.75) is 25.4 Å². The lowest BCUT2D eigenvalue weighted by Gasteiger charge is -2.39. The van der Waals surface area contributed by atoms with Gasteiger partial charge in [0.25, 0.3) is 0 Å². The number of halogens is 1. The molecular formula is C23H26FN3O4. The van der Waals surface area contributed by atoms with E-state index in [2.05, 4.69) is 10.2 Å². The van der Waals surface area contributed by atoms with E-state index in [1.165, 1.54) is 6.07 Å². The minimum Gasteiger partial charge on any atom is -0.493 e. The summed E-state index contributed by atoms with van der Waals surface area (Å²) in [6, 6.07) is 6.70. The van der Waals surface area contributed by atoms with Crippen LogP contribution in [0.15, 0.2) is 30.5 Å². The van der Waals surface area contributed by atoms with Crippen LogP contribution in [0, 0.1) is 12.7 Å². The van der Waals surface area contributed by atoms with E-state index in [1.807, 2.05) is 17.9 Å². The maximum absolute atomic E-state index is 14.4. The van der Waals surface area contributed by atoms with E-state index in [4.69, 9.17) is 14.2 Å². The molecule has 2 aromatic carbocycles. The second-order valence-corrected chi connectivity index (χ2v) is 7.78. The number of anilines is 1. The predicted octanol–water partition coefficient (Wildman–Crippen LogP) is 3.59. The molecule has 31 heavy (non-hydrogen) atoms. The summed E-state index contributed by atoms with van der Waals surface area (Å²) in [5.74, 6) is 1.80. The highest BCUT2D eigenvalue weighted by Gasteiger charge is 2.37. The molecule has 8 heteroatoms. The van der Waals surface area contributed by atoms with E-state index < -0.39 is 5.60 Å². The first-order valence-corrected chi connectivity index (χ1v) is 10.1. The van der Waals surface area contributed by atoms with Crippen molar-refractivity contribution in [1.82, 2.24) is 10.2 Å². The molecule has 0 atom stereocenters. The maximum atomic E-state index is 14.4. The molecule has 0 radical (unpaired) electrons. The lowest BCUT2D eigenvalue weighted by molar-refractivity contribution is 0.00834. The van der Waals surface area contributed by atoms with Crippen molar-refractivity contribution in [2.75, 3.05) is 39.3 Å². The highest BCUT2D eigenvalue weighted by molar-refractivity contribution is 5.99. The molecule has 1 saturated heterocycles. The Morgan fingerprint density at radius 1 is 1.00 bits per heavy atom. The fourth-order valence-electron chi connectivity index (χ4n) is 4.27. The van der Waals surface area contributed by atoms with Gasteiger partial charge in [-0.15, -0.1) is 5.10 Å². The standard InChI is InChI=1S/C23H26FN3O4/c1-14-5-6-18(24)17(11-14)23(28)7-9-27(10-8-23)22-15-12-19(29-2)21(31-4)20(30-3)16(15)13-25-26-22/h5-6,11-13,28H,7-10H2,1-4H3. The van der Waals surface area contributed by atoms with Crippen LogP contribution in [-0.2, 0) is 5.60 Å². The van der Waals surface area contributed by atoms with Crippen LogP contribution >= 0.6 is 0 Å². The number of aromatic nitrogens is 2. The largest absolute Gasteiger partial charge is 0.493 e. The van der Waals surface area contributed by atoms with E-state index in [0.717, 1.165) is 16.3 Å². The number of aryl methyl sites for hydroxylation is 1. The van der Waals surface area contributed by atoms with E-state index >= 15 is 0 Å². The lowest BCUT2D eigenvalue weighted by Crippen LogP contribution is -2.43. The summed E-state index contributed by atoms with van der Waals surface area (Å²) in [5.41, 5.74) is 0.0491. The van der Waals surface area contributed by atoms with Crippen molar-refractivity contribution in [3.05, 3.63) is 47.4 Å². The molecule has 164 valence electrons. The molecule has 0 bridgehead atoms. The summed E-state index contributed by atoms with van der Waals surface area (Å²) < 4.78 is 31.0. The number of aliphatic hydroxyl groups is 1. The fourth-order valence-corrected chi connectivity index (χ4v) is 4.27. The van der Waals surface area contributed by atoms with Gasteiger partial charge in [-0.05, 0) is 31.9 Å². The quantitative estimate of drug-likeness (QED) is 0.667. The summed E-state index contributed by atoms with van der Waals surface area (Å²) in [5, 5.41) is 21.3. The van der Waals surface area contributed by atoms with E-state index in [0.29, 0.717) is 54.6 Å². The van der Waals surface area contributed by atoms with Gasteiger partial charge in [-0.25, -0.2) is 4.39 Å². The number of piperidine rings is 1. The fraction of sp³-hybridized carbons (Fsp3) is 0.391. The van der Waals surface area contributed by atoms with Gasteiger partial charge in [-0.1, -0.05) is 17.7 Å². The zero-order valence-corrected chi connectivity index (χ0v) is 18.1. The molecule has 0 saturated carbocycles. The third-order valence-corrected chi connectivity index (χ3v) is 5.96. The smallest absolute Gasteiger partial charge is 0.204 e. The SMILES string of the molecule is COc1cc2c(N3CCC(O)(c4cc(C)ccc4F)CC3)nncc2c(OC)c1OC. The van der Waals surface area contributed by atoms with Gasteiger partial charge in [0.05, 0.1) is 38.5 Å². The first-order valence-electron chi connectivity index (χ1n) is 10.1. The molecule has 0 amide bonds. The van der Waals surface area contributed by atoms with Crippen LogP contribution in [0.25, 0.3) is 10.8 Å². The van der Waals surface area contributed by atoms with E-state index in [-0.39, 0.29) is 5.82 Å². The number of fused-ring (bicyclic) bond motifs is 1. The minimum absolute atomic E-state index is 0.351. The van der Waals surface area contributed by atoms with Crippen LogP contribution in [0.3, 0.4) is 0 Å². The lowest BCUT2D eigenvalue weighted by atomic mass is 9.83. The maximum Gasteiger partial charge on any atom is 0.204 e. The number of methoxy groups -OCH3 is 3. The Labute approximate surface area is 180 Å². The van der Waals surface area contributed by atoms with Gasteiger partial charge in [-0.3, -0.25) is 0 Å². The van der Waals surface area contributed by atoms with Crippen molar-refractivity contribution < 1.29 is 23.7 Å². The molecule has 1 N–H and O–H groups in total. The summed E-state index contributed by atoms with van der Waals surface area (Å²) in [7, 11) is 4.68. The molecule has 1 fully saturated rings. The zero-order chi connectivity index (χ0) is 22.2. The predicted molar refractivity (Wildman–Crippen MR) is 116 cm³/mol. The number of ether oxygens (including phenoxy) is 3. The number of hydrogen-bond donors (Lipinski definition) is 1. The molecule has 0 unspecified atom stereocenters. The van der Waals surface area contributed by atoms with Crippen LogP contribution in [0.4, 0.5) is 10.2 Å². The van der Waals surface area contributed by atoms with E-state index in [1.54, 1.807) is 39.7 Å². The third kappa shape index (κ3) is 3.61. The Kier molecular flexibility index (Phi) is 5.58. The molecule has 2 heterocycles. The number of nitrogens with zero attached hydrogens (tertiary/aromatic N) is 3. The Bertz CT molecular complexity index is 1110. The van der Waals surface area contributed by atoms with Crippen molar-refractivity contribution in [3.8, 4) is 17.2 Å². The molecule has 0 aliphatic carbocycles. The van der Waals surface area contributed by atoms with Gasteiger partial charge in [-0.2, -0.15) is 5.10 Å². The molecule has 4 rings (SSSR count). The normalized spacial score (nSPS) is 15.7. The van der Waals surface area contributed by atoms with Crippen LogP contribution in [0.2, 0.25) is 0 Å². The third-order valence-electron chi connectivity index (χ3n) is 5.96. The Hall–Kier alpha value is -3.13. The average Bonchev–Trinajstić information content (AvgIpc) is 2.79. The molecule has 1 aliphatic heterocycles. The second-order valence-electron chi connectivity index (χ2n) is 7.78. The molecule has 1 aliphatic rings. The van der Waals surface area contributed by atoms with Gasteiger partial charge in [0, 0.05) is 24.0 Å². The summed E-state index contributed by atoms with van der Waals surface area (Å²) in [6.45, 7) is 2.88. The van der Waals surface area contributed by atoms with Crippen LogP contribution < -0.4 is 19.1 Å². The summed E-state index contributed by atoms with van der Waals surface area (Å²) in [6.07, 6.45) is 2.37. The van der Waals surface area contributed by atoms with Crippen molar-refractivity contribution in [2.24, 2.45) is 0 Å². The van der Waals surface area contributed by atoms with Crippen LogP contribution in [-0.4, -0.2) is 49.7 Å². The molecule has 3 aromatic rings. The van der Waals surface area contributed by atoms with Crippen LogP contribution in [0.1, 0.15) is 24.0 Å². The Morgan fingerprint density at radius 2 is 1.71 bits per heavy atom. The highest BCUT2D eigenvalue weighted by atomic mass is 19.1. The van der Waals surface area contributed by atoms with Gasteiger partial charge in [0.15, 0.2) is 17.3 Å². The Balaban J connectivity index is 1.70. The van der Waals surface area contributed by atoms with Crippen molar-refractivity contribution in [1.29, 1.82) is 0 Å². The number of hydrogen-bond acceptors (Lipinski definition) is 7. The second kappa shape index (κ2) is 8.19. The zero-order valence-electron chi connectivity index (χ0n) is 18.1. The number of benzene rings is 2. The first-order chi connectivity index (χ1) is 14.9. The van der Waals surface area contributed by atoms with Crippen molar-refractivity contribution >= 4 is 16.6 Å². The van der Waals surface area contributed by atoms with Gasteiger partial charge >= 0.3 is 0 Å². The highest BCUT2D eigenvalue weighted by Crippen LogP contribution is 2.45. The van der Waals surface area contributed by atoms with Crippen LogP contribution in [0.5, 0.6) is 17.2 Å². The minimum atomic E-state index is -1.22. The van der Waals surface area contributed by atoms with Gasteiger partial charge < -0.3 is 24.2 Å². The van der Waals surface area contributed by atoms with Gasteiger partial charge in [0.1, 0.15) is 5.82 Å².